The first kappa shape index (κ1) is 9.15. The molecule has 0 saturated carbocycles. The maximum atomic E-state index is 5.92. The van der Waals surface area contributed by atoms with E-state index in [1.807, 2.05) is 19.1 Å². The minimum Gasteiger partial charge on any atom is -0.268 e. The number of aromatic nitrogens is 4. The molecule has 0 amide bonds. The van der Waals surface area contributed by atoms with E-state index in [0.29, 0.717) is 5.28 Å². The van der Waals surface area contributed by atoms with E-state index in [2.05, 4.69) is 15.2 Å². The Labute approximate surface area is 86.6 Å². The summed E-state index contributed by atoms with van der Waals surface area (Å²) >= 11 is 5.92. The minimum atomic E-state index is 0.370. The van der Waals surface area contributed by atoms with Crippen LogP contribution in [0, 0.1) is 0 Å². The number of hydrogen-bond acceptors (Lipinski definition) is 3. The molecule has 0 aliphatic heterocycles. The van der Waals surface area contributed by atoms with E-state index >= 15 is 0 Å². The van der Waals surface area contributed by atoms with E-state index in [-0.39, 0.29) is 0 Å². The maximum Gasteiger partial charge on any atom is 0.229 e. The Hall–Kier alpha value is -1.42. The summed E-state index contributed by atoms with van der Waals surface area (Å²) in [5.74, 6) is 0.836. The Morgan fingerprint density at radius 2 is 2.29 bits per heavy atom. The second kappa shape index (κ2) is 3.75. The Morgan fingerprint density at radius 1 is 1.43 bits per heavy atom. The fourth-order valence-corrected chi connectivity index (χ4v) is 1.50. The van der Waals surface area contributed by atoms with E-state index < -0.39 is 0 Å². The van der Waals surface area contributed by atoms with Crippen molar-refractivity contribution in [1.29, 1.82) is 0 Å². The van der Waals surface area contributed by atoms with Gasteiger partial charge in [0.05, 0.1) is 11.9 Å². The highest BCUT2D eigenvalue weighted by atomic mass is 35.5. The smallest absolute Gasteiger partial charge is 0.229 e. The molecule has 72 valence electrons. The van der Waals surface area contributed by atoms with Gasteiger partial charge in [-0.15, -0.1) is 10.2 Å². The average Bonchev–Trinajstić information content (AvgIpc) is 2.61. The van der Waals surface area contributed by atoms with Crippen LogP contribution in [0.5, 0.6) is 0 Å². The molecule has 2 aromatic rings. The fourth-order valence-electron chi connectivity index (χ4n) is 1.27. The molecular formula is C9H9ClN4. The molecule has 0 aliphatic carbocycles. The van der Waals surface area contributed by atoms with Gasteiger partial charge in [0.25, 0.3) is 0 Å². The van der Waals surface area contributed by atoms with E-state index in [9.17, 15) is 0 Å². The van der Waals surface area contributed by atoms with Crippen molar-refractivity contribution in [2.24, 2.45) is 0 Å². The molecule has 2 heterocycles. The molecule has 4 nitrogen and oxygen atoms in total. The molecule has 0 bridgehead atoms. The van der Waals surface area contributed by atoms with Gasteiger partial charge in [0.15, 0.2) is 0 Å². The van der Waals surface area contributed by atoms with Crippen molar-refractivity contribution in [1.82, 2.24) is 19.7 Å². The fraction of sp³-hybridized carbons (Fsp3) is 0.222. The summed E-state index contributed by atoms with van der Waals surface area (Å²) in [6.07, 6.45) is 4.23. The van der Waals surface area contributed by atoms with Gasteiger partial charge in [-0.3, -0.25) is 9.55 Å². The number of nitrogens with zero attached hydrogens (tertiary/aromatic N) is 4. The third-order valence-corrected chi connectivity index (χ3v) is 2.16. The van der Waals surface area contributed by atoms with Gasteiger partial charge in [-0.05, 0) is 23.7 Å². The van der Waals surface area contributed by atoms with Gasteiger partial charge >= 0.3 is 0 Å². The van der Waals surface area contributed by atoms with Crippen LogP contribution in [0.15, 0.2) is 24.5 Å². The number of pyridine rings is 1. The lowest BCUT2D eigenvalue weighted by atomic mass is 10.4. The van der Waals surface area contributed by atoms with E-state index in [1.54, 1.807) is 17.0 Å². The number of hydrogen-bond donors (Lipinski definition) is 0. The first-order valence-corrected chi connectivity index (χ1v) is 4.71. The van der Waals surface area contributed by atoms with E-state index in [1.165, 1.54) is 0 Å². The zero-order valence-electron chi connectivity index (χ0n) is 7.68. The van der Waals surface area contributed by atoms with Crippen LogP contribution < -0.4 is 0 Å². The molecule has 0 saturated heterocycles. The van der Waals surface area contributed by atoms with Crippen LogP contribution in [0.1, 0.15) is 12.7 Å². The van der Waals surface area contributed by atoms with Crippen LogP contribution in [-0.2, 0) is 6.42 Å². The summed E-state index contributed by atoms with van der Waals surface area (Å²) in [6.45, 7) is 2.01. The molecule has 2 rings (SSSR count). The molecule has 0 aliphatic rings. The monoisotopic (exact) mass is 208 g/mol. The zero-order valence-corrected chi connectivity index (χ0v) is 8.44. The number of halogens is 1. The zero-order chi connectivity index (χ0) is 9.97. The molecule has 2 aromatic heterocycles. The summed E-state index contributed by atoms with van der Waals surface area (Å²) in [5.41, 5.74) is 0.888. The van der Waals surface area contributed by atoms with Crippen LogP contribution in [0.25, 0.3) is 5.69 Å². The van der Waals surface area contributed by atoms with Crippen molar-refractivity contribution in [3.8, 4) is 5.69 Å². The molecule has 0 spiro atoms. The predicted molar refractivity (Wildman–Crippen MR) is 53.5 cm³/mol. The van der Waals surface area contributed by atoms with Crippen LogP contribution in [0.3, 0.4) is 0 Å². The summed E-state index contributed by atoms with van der Waals surface area (Å²) in [5, 5.41) is 8.15. The molecule has 14 heavy (non-hydrogen) atoms. The Balaban J connectivity index is 2.55. The molecule has 5 heteroatoms. The lowest BCUT2D eigenvalue weighted by Crippen LogP contribution is -2.00. The summed E-state index contributed by atoms with van der Waals surface area (Å²) < 4.78 is 1.79. The standard InChI is InChI=1S/C9H9ClN4/c1-2-8-12-13-9(10)14(8)7-4-3-5-11-6-7/h3-6H,2H2,1H3. The highest BCUT2D eigenvalue weighted by Crippen LogP contribution is 2.15. The van der Waals surface area contributed by atoms with E-state index in [4.69, 9.17) is 11.6 Å². The van der Waals surface area contributed by atoms with E-state index in [0.717, 1.165) is 17.9 Å². The van der Waals surface area contributed by atoms with Gasteiger partial charge in [0.2, 0.25) is 5.28 Å². The first-order valence-electron chi connectivity index (χ1n) is 4.33. The second-order valence-electron chi connectivity index (χ2n) is 2.79. The van der Waals surface area contributed by atoms with Crippen molar-refractivity contribution in [3.05, 3.63) is 35.6 Å². The second-order valence-corrected chi connectivity index (χ2v) is 3.12. The largest absolute Gasteiger partial charge is 0.268 e. The van der Waals surface area contributed by atoms with Gasteiger partial charge < -0.3 is 0 Å². The summed E-state index contributed by atoms with van der Waals surface area (Å²) in [7, 11) is 0. The van der Waals surface area contributed by atoms with Gasteiger partial charge in [0, 0.05) is 12.6 Å². The van der Waals surface area contributed by atoms with Crippen LogP contribution in [0.2, 0.25) is 5.28 Å². The van der Waals surface area contributed by atoms with Gasteiger partial charge in [-0.2, -0.15) is 0 Å². The Morgan fingerprint density at radius 3 is 2.93 bits per heavy atom. The van der Waals surface area contributed by atoms with Gasteiger partial charge in [-0.1, -0.05) is 6.92 Å². The van der Waals surface area contributed by atoms with Crippen LogP contribution in [0.4, 0.5) is 0 Å². The third-order valence-electron chi connectivity index (χ3n) is 1.91. The minimum absolute atomic E-state index is 0.370. The lowest BCUT2D eigenvalue weighted by Gasteiger charge is -2.04. The van der Waals surface area contributed by atoms with Crippen molar-refractivity contribution in [2.75, 3.05) is 0 Å². The highest BCUT2D eigenvalue weighted by Gasteiger charge is 2.09. The van der Waals surface area contributed by atoms with Crippen LogP contribution in [-0.4, -0.2) is 19.7 Å². The maximum absolute atomic E-state index is 5.92. The molecule has 0 fully saturated rings. The quantitative estimate of drug-likeness (QED) is 0.757. The van der Waals surface area contributed by atoms with Gasteiger partial charge in [0.1, 0.15) is 5.82 Å². The Bertz CT molecular complexity index is 424. The number of rotatable bonds is 2. The van der Waals surface area contributed by atoms with Crippen molar-refractivity contribution < 1.29 is 0 Å². The average molecular weight is 209 g/mol. The van der Waals surface area contributed by atoms with Gasteiger partial charge in [-0.25, -0.2) is 0 Å². The molecule has 0 radical (unpaired) electrons. The molecule has 0 N–H and O–H groups in total. The SMILES string of the molecule is CCc1nnc(Cl)n1-c1cccnc1. The highest BCUT2D eigenvalue weighted by molar-refractivity contribution is 6.28. The number of aryl methyl sites for hydroxylation is 1. The topological polar surface area (TPSA) is 43.6 Å². The van der Waals surface area contributed by atoms with Crippen molar-refractivity contribution in [3.63, 3.8) is 0 Å². The molecule has 0 aromatic carbocycles. The third kappa shape index (κ3) is 1.48. The lowest BCUT2D eigenvalue weighted by molar-refractivity contribution is 0.879. The van der Waals surface area contributed by atoms with Crippen molar-refractivity contribution >= 4 is 11.6 Å². The Kier molecular flexibility index (Phi) is 2.45. The van der Waals surface area contributed by atoms with Crippen LogP contribution >= 0.6 is 11.6 Å². The molecule has 0 atom stereocenters. The first-order chi connectivity index (χ1) is 6.83. The molecular weight excluding hydrogens is 200 g/mol. The predicted octanol–water partition coefficient (Wildman–Crippen LogP) is 1.88. The summed E-state index contributed by atoms with van der Waals surface area (Å²) in [6, 6.07) is 3.77. The summed E-state index contributed by atoms with van der Waals surface area (Å²) in [4.78, 5) is 4.02. The van der Waals surface area contributed by atoms with Crippen molar-refractivity contribution in [2.45, 2.75) is 13.3 Å². The normalized spacial score (nSPS) is 10.4. The molecule has 0 unspecified atom stereocenters.